The second kappa shape index (κ2) is 6.16. The minimum absolute atomic E-state index is 0.0595. The fourth-order valence-corrected chi connectivity index (χ4v) is 1.79. The lowest BCUT2D eigenvalue weighted by Gasteiger charge is -2.02. The van der Waals surface area contributed by atoms with E-state index in [9.17, 15) is 4.79 Å². The van der Waals surface area contributed by atoms with Crippen LogP contribution in [0.4, 0.5) is 0 Å². The van der Waals surface area contributed by atoms with Crippen molar-refractivity contribution < 1.29 is 4.79 Å². The predicted octanol–water partition coefficient (Wildman–Crippen LogP) is 0.732. The lowest BCUT2D eigenvalue weighted by molar-refractivity contribution is -0.121. The Kier molecular flexibility index (Phi) is 4.30. The summed E-state index contributed by atoms with van der Waals surface area (Å²) in [6.07, 6.45) is 5.94. The Labute approximate surface area is 106 Å². The van der Waals surface area contributed by atoms with Crippen LogP contribution in [-0.2, 0) is 11.2 Å². The zero-order valence-electron chi connectivity index (χ0n) is 10.3. The first-order valence-electron chi connectivity index (χ1n) is 6.19. The molecule has 0 spiro atoms. The molecule has 0 saturated heterocycles. The Morgan fingerprint density at radius 2 is 2.33 bits per heavy atom. The van der Waals surface area contributed by atoms with E-state index in [1.54, 1.807) is 0 Å². The van der Waals surface area contributed by atoms with Crippen LogP contribution in [0, 0.1) is 0 Å². The Balaban J connectivity index is 1.81. The second-order valence-electron chi connectivity index (χ2n) is 4.19. The topological polar surface area (TPSA) is 72.4 Å². The van der Waals surface area contributed by atoms with E-state index in [2.05, 4.69) is 10.3 Å². The Morgan fingerprint density at radius 1 is 1.44 bits per heavy atom. The minimum atomic E-state index is 0.0595. The first-order chi connectivity index (χ1) is 8.79. The quantitative estimate of drug-likeness (QED) is 0.789. The number of nitrogens with two attached hydrogens (primary N) is 1. The largest absolute Gasteiger partial charge is 0.356 e. The molecule has 2 rings (SSSR count). The summed E-state index contributed by atoms with van der Waals surface area (Å²) >= 11 is 0. The number of hydrogen-bond donors (Lipinski definition) is 2. The fourth-order valence-electron chi connectivity index (χ4n) is 1.79. The van der Waals surface area contributed by atoms with Gasteiger partial charge >= 0.3 is 0 Å². The molecule has 0 saturated carbocycles. The van der Waals surface area contributed by atoms with E-state index in [-0.39, 0.29) is 5.91 Å². The number of amides is 1. The van der Waals surface area contributed by atoms with Crippen molar-refractivity contribution in [3.05, 3.63) is 36.3 Å². The molecule has 0 radical (unpaired) electrons. The predicted molar refractivity (Wildman–Crippen MR) is 70.2 cm³/mol. The summed E-state index contributed by atoms with van der Waals surface area (Å²) in [5.41, 5.74) is 7.27. The molecule has 2 heterocycles. The van der Waals surface area contributed by atoms with Gasteiger partial charge in [0.05, 0.1) is 5.69 Å². The summed E-state index contributed by atoms with van der Waals surface area (Å²) in [5.74, 6) is 0.0595. The summed E-state index contributed by atoms with van der Waals surface area (Å²) in [4.78, 5) is 15.8. The smallest absolute Gasteiger partial charge is 0.220 e. The van der Waals surface area contributed by atoms with Crippen molar-refractivity contribution in [2.24, 2.45) is 5.73 Å². The van der Waals surface area contributed by atoms with Crippen LogP contribution in [-0.4, -0.2) is 28.4 Å². The van der Waals surface area contributed by atoms with Crippen LogP contribution in [0.15, 0.2) is 30.6 Å². The van der Waals surface area contributed by atoms with Crippen molar-refractivity contribution >= 4 is 11.6 Å². The summed E-state index contributed by atoms with van der Waals surface area (Å²) in [5, 5.41) is 2.87. The number of aromatic nitrogens is 2. The van der Waals surface area contributed by atoms with Gasteiger partial charge in [0.25, 0.3) is 0 Å². The van der Waals surface area contributed by atoms with Gasteiger partial charge in [-0.2, -0.15) is 0 Å². The molecule has 0 fully saturated rings. The van der Waals surface area contributed by atoms with Gasteiger partial charge in [0.15, 0.2) is 0 Å². The van der Waals surface area contributed by atoms with Gasteiger partial charge in [-0.1, -0.05) is 6.07 Å². The molecule has 3 N–H and O–H groups in total. The van der Waals surface area contributed by atoms with Gasteiger partial charge in [0.1, 0.15) is 5.65 Å². The molecule has 96 valence electrons. The number of carbonyl (C=O) groups excluding carboxylic acids is 1. The maximum absolute atomic E-state index is 11.4. The number of imidazole rings is 1. The third-order valence-electron chi connectivity index (χ3n) is 2.73. The zero-order valence-corrected chi connectivity index (χ0v) is 10.3. The first-order valence-corrected chi connectivity index (χ1v) is 6.19. The molecule has 1 amide bonds. The van der Waals surface area contributed by atoms with Gasteiger partial charge in [0.2, 0.25) is 5.91 Å². The van der Waals surface area contributed by atoms with Crippen molar-refractivity contribution in [2.75, 3.05) is 13.1 Å². The highest BCUT2D eigenvalue weighted by Crippen LogP contribution is 2.04. The van der Waals surface area contributed by atoms with Crippen molar-refractivity contribution in [1.82, 2.24) is 14.7 Å². The van der Waals surface area contributed by atoms with Crippen LogP contribution in [0.5, 0.6) is 0 Å². The van der Waals surface area contributed by atoms with Crippen LogP contribution in [0.25, 0.3) is 5.65 Å². The molecule has 2 aromatic heterocycles. The zero-order chi connectivity index (χ0) is 12.8. The summed E-state index contributed by atoms with van der Waals surface area (Å²) in [7, 11) is 0. The third kappa shape index (κ3) is 3.30. The van der Waals surface area contributed by atoms with Crippen LogP contribution in [0.3, 0.4) is 0 Å². The van der Waals surface area contributed by atoms with E-state index < -0.39 is 0 Å². The highest BCUT2D eigenvalue weighted by molar-refractivity contribution is 5.75. The summed E-state index contributed by atoms with van der Waals surface area (Å²) < 4.78 is 1.98. The number of fused-ring (bicyclic) bond motifs is 1. The Hall–Kier alpha value is -1.88. The molecule has 0 bridgehead atoms. The Morgan fingerprint density at radius 3 is 3.11 bits per heavy atom. The normalized spacial score (nSPS) is 10.7. The fraction of sp³-hybridized carbons (Fsp3) is 0.385. The lowest BCUT2D eigenvalue weighted by atomic mass is 10.3. The van der Waals surface area contributed by atoms with Gasteiger partial charge in [-0.05, 0) is 25.1 Å². The van der Waals surface area contributed by atoms with E-state index in [0.29, 0.717) is 19.5 Å². The van der Waals surface area contributed by atoms with Gasteiger partial charge in [0, 0.05) is 31.8 Å². The first kappa shape index (κ1) is 12.6. The Bertz CT molecular complexity index is 487. The SMILES string of the molecule is NCCCC(=O)NCCc1cn2ccccc2n1. The minimum Gasteiger partial charge on any atom is -0.356 e. The molecular formula is C13H18N4O. The maximum Gasteiger partial charge on any atom is 0.220 e. The average molecular weight is 246 g/mol. The highest BCUT2D eigenvalue weighted by Gasteiger charge is 2.02. The standard InChI is InChI=1S/C13H18N4O/c14-7-3-5-13(18)15-8-6-11-10-17-9-2-1-4-12(17)16-11/h1-2,4,9-10H,3,5-8,14H2,(H,15,18). The monoisotopic (exact) mass is 246 g/mol. The molecule has 5 nitrogen and oxygen atoms in total. The van der Waals surface area contributed by atoms with Crippen LogP contribution in [0.2, 0.25) is 0 Å². The number of carbonyl (C=O) groups is 1. The number of nitrogens with one attached hydrogen (secondary N) is 1. The molecule has 0 aliphatic heterocycles. The van der Waals surface area contributed by atoms with E-state index in [4.69, 9.17) is 5.73 Å². The van der Waals surface area contributed by atoms with Crippen LogP contribution in [0.1, 0.15) is 18.5 Å². The molecule has 0 aliphatic rings. The molecule has 5 heteroatoms. The lowest BCUT2D eigenvalue weighted by Crippen LogP contribution is -2.26. The average Bonchev–Trinajstić information content (AvgIpc) is 2.79. The van der Waals surface area contributed by atoms with Crippen molar-refractivity contribution in [3.8, 4) is 0 Å². The number of rotatable bonds is 6. The third-order valence-corrected chi connectivity index (χ3v) is 2.73. The van der Waals surface area contributed by atoms with E-state index in [1.165, 1.54) is 0 Å². The molecular weight excluding hydrogens is 228 g/mol. The summed E-state index contributed by atoms with van der Waals surface area (Å²) in [6.45, 7) is 1.17. The van der Waals surface area contributed by atoms with Crippen molar-refractivity contribution in [2.45, 2.75) is 19.3 Å². The highest BCUT2D eigenvalue weighted by atomic mass is 16.1. The number of hydrogen-bond acceptors (Lipinski definition) is 3. The number of nitrogens with zero attached hydrogens (tertiary/aromatic N) is 2. The molecule has 0 atom stereocenters. The second-order valence-corrected chi connectivity index (χ2v) is 4.19. The van der Waals surface area contributed by atoms with Crippen molar-refractivity contribution in [1.29, 1.82) is 0 Å². The molecule has 0 aromatic carbocycles. The van der Waals surface area contributed by atoms with Crippen LogP contribution >= 0.6 is 0 Å². The summed E-state index contributed by atoms with van der Waals surface area (Å²) in [6, 6.07) is 5.89. The van der Waals surface area contributed by atoms with Crippen molar-refractivity contribution in [3.63, 3.8) is 0 Å². The van der Waals surface area contributed by atoms with Gasteiger partial charge in [-0.15, -0.1) is 0 Å². The van der Waals surface area contributed by atoms with E-state index >= 15 is 0 Å². The van der Waals surface area contributed by atoms with Gasteiger partial charge < -0.3 is 15.5 Å². The molecule has 18 heavy (non-hydrogen) atoms. The molecule has 0 aliphatic carbocycles. The maximum atomic E-state index is 11.4. The van der Waals surface area contributed by atoms with E-state index in [0.717, 1.165) is 24.2 Å². The van der Waals surface area contributed by atoms with E-state index in [1.807, 2.05) is 35.0 Å². The van der Waals surface area contributed by atoms with Crippen LogP contribution < -0.4 is 11.1 Å². The molecule has 2 aromatic rings. The van der Waals surface area contributed by atoms with Gasteiger partial charge in [-0.3, -0.25) is 4.79 Å². The number of pyridine rings is 1. The van der Waals surface area contributed by atoms with Gasteiger partial charge in [-0.25, -0.2) is 4.98 Å². The molecule has 0 unspecified atom stereocenters.